The molecule has 0 radical (unpaired) electrons. The molecule has 0 aromatic rings. The van der Waals surface area contributed by atoms with Crippen LogP contribution in [0.15, 0.2) is 4.99 Å². The highest BCUT2D eigenvalue weighted by Crippen LogP contribution is 2.10. The van der Waals surface area contributed by atoms with Crippen molar-refractivity contribution in [2.75, 3.05) is 53.4 Å². The fraction of sp³-hybridized carbons (Fsp3) is 0.889. The van der Waals surface area contributed by atoms with Crippen molar-refractivity contribution in [3.8, 4) is 0 Å². The zero-order valence-corrected chi connectivity index (χ0v) is 16.7. The lowest BCUT2D eigenvalue weighted by molar-refractivity contribution is -0.127. The molecule has 1 saturated heterocycles. The number of likely N-dealkylation sites (tertiary alicyclic amines) is 1. The summed E-state index contributed by atoms with van der Waals surface area (Å²) < 4.78 is 5.63. The lowest BCUT2D eigenvalue weighted by Crippen LogP contribution is -2.49. The van der Waals surface area contributed by atoms with Crippen molar-refractivity contribution < 1.29 is 9.53 Å². The first-order chi connectivity index (χ1) is 11.9. The van der Waals surface area contributed by atoms with E-state index in [0.29, 0.717) is 12.1 Å². The van der Waals surface area contributed by atoms with E-state index in [1.54, 1.807) is 19.0 Å². The average molecular weight is 356 g/mol. The topological polar surface area (TPSA) is 69.2 Å². The van der Waals surface area contributed by atoms with Crippen LogP contribution >= 0.6 is 0 Å². The Morgan fingerprint density at radius 3 is 2.56 bits per heavy atom. The lowest BCUT2D eigenvalue weighted by Gasteiger charge is -2.33. The molecule has 1 aliphatic rings. The van der Waals surface area contributed by atoms with Gasteiger partial charge in [0.05, 0.1) is 12.7 Å². The molecule has 7 nitrogen and oxygen atoms in total. The molecule has 2 N–H and O–H groups in total. The van der Waals surface area contributed by atoms with Crippen LogP contribution in [-0.4, -0.2) is 87.2 Å². The number of nitrogens with zero attached hydrogens (tertiary/aromatic N) is 3. The van der Waals surface area contributed by atoms with Crippen LogP contribution in [0, 0.1) is 0 Å². The number of piperidine rings is 1. The van der Waals surface area contributed by atoms with Crippen molar-refractivity contribution in [1.29, 1.82) is 0 Å². The highest BCUT2D eigenvalue weighted by Gasteiger charge is 2.20. The molecule has 25 heavy (non-hydrogen) atoms. The van der Waals surface area contributed by atoms with Gasteiger partial charge in [0.25, 0.3) is 0 Å². The quantitative estimate of drug-likeness (QED) is 0.475. The number of hydrogen-bond donors (Lipinski definition) is 2. The number of aliphatic imine (C=N–C) groups is 1. The largest absolute Gasteiger partial charge is 0.377 e. The summed E-state index contributed by atoms with van der Waals surface area (Å²) in [5.74, 6) is 0.760. The Balaban J connectivity index is 2.40. The smallest absolute Gasteiger partial charge is 0.243 e. The van der Waals surface area contributed by atoms with Crippen LogP contribution in [0.5, 0.6) is 0 Å². The van der Waals surface area contributed by atoms with Crippen LogP contribution in [0.3, 0.4) is 0 Å². The number of nitrogens with one attached hydrogen (secondary N) is 2. The summed E-state index contributed by atoms with van der Waals surface area (Å²) in [6.45, 7) is 11.2. The standard InChI is InChI=1S/C18H37N5O2/c1-6-9-19-18(20-14-17(24)22(4)5)21-16-7-10-23(11-8-16)12-13-25-15(2)3/h15-16H,6-14H2,1-5H3,(H2,19,20,21). The second kappa shape index (κ2) is 12.1. The monoisotopic (exact) mass is 355 g/mol. The van der Waals surface area contributed by atoms with Crippen molar-refractivity contribution in [2.45, 2.75) is 52.2 Å². The molecular formula is C18H37N5O2. The molecule has 1 aliphatic heterocycles. The molecule has 0 aromatic carbocycles. The summed E-state index contributed by atoms with van der Waals surface area (Å²) in [6, 6.07) is 0.403. The number of likely N-dealkylation sites (N-methyl/N-ethyl adjacent to an activating group) is 1. The van der Waals surface area contributed by atoms with E-state index in [-0.39, 0.29) is 12.5 Å². The Morgan fingerprint density at radius 1 is 1.32 bits per heavy atom. The van der Waals surface area contributed by atoms with Crippen molar-refractivity contribution in [1.82, 2.24) is 20.4 Å². The first kappa shape index (κ1) is 21.7. The third-order valence-corrected chi connectivity index (χ3v) is 4.20. The van der Waals surface area contributed by atoms with Gasteiger partial charge in [0.2, 0.25) is 5.91 Å². The van der Waals surface area contributed by atoms with E-state index in [0.717, 1.165) is 58.0 Å². The number of ether oxygens (including phenoxy) is 1. The molecule has 0 spiro atoms. The van der Waals surface area contributed by atoms with E-state index in [1.165, 1.54) is 0 Å². The summed E-state index contributed by atoms with van der Waals surface area (Å²) in [5, 5.41) is 6.79. The molecule has 0 saturated carbocycles. The summed E-state index contributed by atoms with van der Waals surface area (Å²) in [7, 11) is 3.51. The minimum atomic E-state index is 0.0116. The molecule has 7 heteroatoms. The predicted molar refractivity (Wildman–Crippen MR) is 103 cm³/mol. The molecule has 0 aliphatic carbocycles. The Labute approximate surface area is 153 Å². The van der Waals surface area contributed by atoms with Crippen LogP contribution in [-0.2, 0) is 9.53 Å². The van der Waals surface area contributed by atoms with E-state index in [2.05, 4.69) is 41.3 Å². The van der Waals surface area contributed by atoms with Crippen molar-refractivity contribution in [3.63, 3.8) is 0 Å². The number of carbonyl (C=O) groups is 1. The molecule has 1 amide bonds. The van der Waals surface area contributed by atoms with Crippen molar-refractivity contribution in [2.24, 2.45) is 4.99 Å². The van der Waals surface area contributed by atoms with Gasteiger partial charge >= 0.3 is 0 Å². The van der Waals surface area contributed by atoms with Gasteiger partial charge in [-0.3, -0.25) is 4.79 Å². The van der Waals surface area contributed by atoms with Gasteiger partial charge in [0.1, 0.15) is 6.54 Å². The molecule has 1 fully saturated rings. The van der Waals surface area contributed by atoms with E-state index in [9.17, 15) is 4.79 Å². The Morgan fingerprint density at radius 2 is 2.00 bits per heavy atom. The van der Waals surface area contributed by atoms with Gasteiger partial charge in [-0.05, 0) is 33.1 Å². The molecular weight excluding hydrogens is 318 g/mol. The molecule has 1 rings (SSSR count). The number of hydrogen-bond acceptors (Lipinski definition) is 4. The van der Waals surface area contributed by atoms with Gasteiger partial charge in [-0.25, -0.2) is 4.99 Å². The second-order valence-electron chi connectivity index (χ2n) is 7.06. The fourth-order valence-electron chi connectivity index (χ4n) is 2.60. The normalized spacial score (nSPS) is 17.0. The maximum atomic E-state index is 11.7. The van der Waals surface area contributed by atoms with Gasteiger partial charge in [-0.15, -0.1) is 0 Å². The summed E-state index contributed by atoms with van der Waals surface area (Å²) in [5.41, 5.74) is 0. The zero-order chi connectivity index (χ0) is 18.7. The number of amides is 1. The highest BCUT2D eigenvalue weighted by molar-refractivity contribution is 5.84. The molecule has 0 aromatic heterocycles. The number of rotatable bonds is 9. The van der Waals surface area contributed by atoms with Gasteiger partial charge in [-0.2, -0.15) is 0 Å². The molecule has 146 valence electrons. The maximum absolute atomic E-state index is 11.7. The van der Waals surface area contributed by atoms with Gasteiger partial charge in [-0.1, -0.05) is 6.92 Å². The average Bonchev–Trinajstić information content (AvgIpc) is 2.58. The molecule has 0 atom stereocenters. The number of guanidine groups is 1. The molecule has 0 unspecified atom stereocenters. The van der Waals surface area contributed by atoms with Crippen LogP contribution in [0.4, 0.5) is 0 Å². The van der Waals surface area contributed by atoms with E-state index < -0.39 is 0 Å². The lowest BCUT2D eigenvalue weighted by atomic mass is 10.1. The van der Waals surface area contributed by atoms with Crippen LogP contribution in [0.2, 0.25) is 0 Å². The van der Waals surface area contributed by atoms with Gasteiger partial charge < -0.3 is 25.2 Å². The first-order valence-corrected chi connectivity index (χ1v) is 9.51. The van der Waals surface area contributed by atoms with Gasteiger partial charge in [0.15, 0.2) is 5.96 Å². The Kier molecular flexibility index (Phi) is 10.5. The second-order valence-corrected chi connectivity index (χ2v) is 7.06. The summed E-state index contributed by atoms with van der Waals surface area (Å²) in [4.78, 5) is 20.2. The van der Waals surface area contributed by atoms with E-state index in [1.807, 2.05) is 0 Å². The van der Waals surface area contributed by atoms with E-state index >= 15 is 0 Å². The summed E-state index contributed by atoms with van der Waals surface area (Å²) >= 11 is 0. The minimum Gasteiger partial charge on any atom is -0.377 e. The minimum absolute atomic E-state index is 0.0116. The third-order valence-electron chi connectivity index (χ3n) is 4.20. The van der Waals surface area contributed by atoms with Crippen LogP contribution in [0.25, 0.3) is 0 Å². The first-order valence-electron chi connectivity index (χ1n) is 9.51. The fourth-order valence-corrected chi connectivity index (χ4v) is 2.60. The Hall–Kier alpha value is -1.34. The number of carbonyl (C=O) groups excluding carboxylic acids is 1. The molecule has 1 heterocycles. The SMILES string of the molecule is CCCNC(=NCC(=O)N(C)C)NC1CCN(CCOC(C)C)CC1. The highest BCUT2D eigenvalue weighted by atomic mass is 16.5. The van der Waals surface area contributed by atoms with Crippen molar-refractivity contribution in [3.05, 3.63) is 0 Å². The molecule has 0 bridgehead atoms. The third kappa shape index (κ3) is 9.65. The zero-order valence-electron chi connectivity index (χ0n) is 16.7. The predicted octanol–water partition coefficient (Wildman–Crippen LogP) is 0.909. The van der Waals surface area contributed by atoms with Crippen LogP contribution < -0.4 is 10.6 Å². The van der Waals surface area contributed by atoms with Crippen LogP contribution in [0.1, 0.15) is 40.0 Å². The van der Waals surface area contributed by atoms with Gasteiger partial charge in [0, 0.05) is 46.3 Å². The Bertz CT molecular complexity index is 404. The summed E-state index contributed by atoms with van der Waals surface area (Å²) in [6.07, 6.45) is 3.48. The van der Waals surface area contributed by atoms with Crippen molar-refractivity contribution >= 4 is 11.9 Å². The van der Waals surface area contributed by atoms with E-state index in [4.69, 9.17) is 4.74 Å². The maximum Gasteiger partial charge on any atom is 0.243 e.